The van der Waals surface area contributed by atoms with Crippen molar-refractivity contribution in [2.75, 3.05) is 0 Å². The third-order valence-corrected chi connectivity index (χ3v) is 3.95. The zero-order valence-corrected chi connectivity index (χ0v) is 11.6. The van der Waals surface area contributed by atoms with Crippen LogP contribution < -0.4 is 5.73 Å². The third-order valence-electron chi connectivity index (χ3n) is 2.89. The Kier molecular flexibility index (Phi) is 4.58. The van der Waals surface area contributed by atoms with Gasteiger partial charge in [-0.3, -0.25) is 0 Å². The Balaban J connectivity index is 2.05. The average molecular weight is 265 g/mol. The maximum Gasteiger partial charge on any atom is 0.129 e. The van der Waals surface area contributed by atoms with Gasteiger partial charge in [0.1, 0.15) is 18.5 Å². The highest BCUT2D eigenvalue weighted by Crippen LogP contribution is 2.29. The Morgan fingerprint density at radius 2 is 2.22 bits per heavy atom. The monoisotopic (exact) mass is 265 g/mol. The van der Waals surface area contributed by atoms with Gasteiger partial charge in [-0.25, -0.2) is 0 Å². The first-order chi connectivity index (χ1) is 8.70. The molecule has 0 amide bonds. The normalized spacial score (nSPS) is 14.6. The van der Waals surface area contributed by atoms with Crippen molar-refractivity contribution < 1.29 is 9.15 Å². The highest BCUT2D eigenvalue weighted by atomic mass is 32.1. The van der Waals surface area contributed by atoms with Crippen molar-refractivity contribution in [3.63, 3.8) is 0 Å². The zero-order valence-electron chi connectivity index (χ0n) is 10.8. The second-order valence-corrected chi connectivity index (χ2v) is 5.65. The number of ether oxygens (including phenoxy) is 1. The molecule has 0 aromatic carbocycles. The number of furan rings is 1. The van der Waals surface area contributed by atoms with Gasteiger partial charge in [-0.2, -0.15) is 0 Å². The van der Waals surface area contributed by atoms with E-state index in [0.29, 0.717) is 6.61 Å². The summed E-state index contributed by atoms with van der Waals surface area (Å²) in [5.74, 6) is 0.830. The van der Waals surface area contributed by atoms with Gasteiger partial charge in [-0.1, -0.05) is 6.92 Å². The molecule has 0 radical (unpaired) electrons. The van der Waals surface area contributed by atoms with Crippen LogP contribution in [0.25, 0.3) is 0 Å². The fourth-order valence-corrected chi connectivity index (χ4v) is 2.81. The first-order valence-corrected chi connectivity index (χ1v) is 6.98. The molecule has 0 aliphatic heterocycles. The van der Waals surface area contributed by atoms with Crippen molar-refractivity contribution in [2.45, 2.75) is 39.0 Å². The van der Waals surface area contributed by atoms with Crippen LogP contribution in [0.3, 0.4) is 0 Å². The van der Waals surface area contributed by atoms with Crippen LogP contribution in [0, 0.1) is 6.92 Å². The van der Waals surface area contributed by atoms with Crippen molar-refractivity contribution in [1.29, 1.82) is 0 Å². The van der Waals surface area contributed by atoms with E-state index >= 15 is 0 Å². The summed E-state index contributed by atoms with van der Waals surface area (Å²) in [4.78, 5) is 2.47. The summed E-state index contributed by atoms with van der Waals surface area (Å²) in [5.41, 5.74) is 6.15. The summed E-state index contributed by atoms with van der Waals surface area (Å²) < 4.78 is 11.2. The van der Waals surface area contributed by atoms with Gasteiger partial charge in [0.05, 0.1) is 6.26 Å². The molecule has 98 valence electrons. The smallest absolute Gasteiger partial charge is 0.129 e. The Labute approximate surface area is 112 Å². The van der Waals surface area contributed by atoms with Crippen molar-refractivity contribution in [3.8, 4) is 0 Å². The highest BCUT2D eigenvalue weighted by Gasteiger charge is 2.21. The molecule has 0 aliphatic carbocycles. The number of hydrogen-bond donors (Lipinski definition) is 1. The van der Waals surface area contributed by atoms with Crippen molar-refractivity contribution in [3.05, 3.63) is 46.0 Å². The molecule has 2 unspecified atom stereocenters. The molecule has 3 nitrogen and oxygen atoms in total. The number of thiophene rings is 1. The predicted octanol–water partition coefficient (Wildman–Crippen LogP) is 3.64. The lowest BCUT2D eigenvalue weighted by atomic mass is 10.1. The Hall–Kier alpha value is -1.10. The summed E-state index contributed by atoms with van der Waals surface area (Å²) in [6, 6.07) is 7.99. The van der Waals surface area contributed by atoms with Crippen LogP contribution in [-0.4, -0.2) is 6.04 Å². The van der Waals surface area contributed by atoms with Crippen LogP contribution in [0.15, 0.2) is 34.9 Å². The van der Waals surface area contributed by atoms with Gasteiger partial charge in [0, 0.05) is 15.8 Å². The van der Waals surface area contributed by atoms with Gasteiger partial charge < -0.3 is 14.9 Å². The lowest BCUT2D eigenvalue weighted by Gasteiger charge is -2.21. The molecule has 2 aromatic rings. The van der Waals surface area contributed by atoms with Crippen LogP contribution in [0.5, 0.6) is 0 Å². The SMILES string of the molecule is CCC(N)C(OCc1ccco1)c1ccc(C)s1. The maximum absolute atomic E-state index is 6.15. The van der Waals surface area contributed by atoms with Gasteiger partial charge in [-0.15, -0.1) is 11.3 Å². The molecule has 0 bridgehead atoms. The molecule has 2 rings (SSSR count). The molecule has 4 heteroatoms. The van der Waals surface area contributed by atoms with Gasteiger partial charge >= 0.3 is 0 Å². The number of hydrogen-bond acceptors (Lipinski definition) is 4. The molecule has 0 saturated carbocycles. The third kappa shape index (κ3) is 3.22. The first-order valence-electron chi connectivity index (χ1n) is 6.16. The van der Waals surface area contributed by atoms with E-state index in [0.717, 1.165) is 12.2 Å². The van der Waals surface area contributed by atoms with Crippen LogP contribution in [0.2, 0.25) is 0 Å². The summed E-state index contributed by atoms with van der Waals surface area (Å²) >= 11 is 1.74. The van der Waals surface area contributed by atoms with Gasteiger partial charge in [0.15, 0.2) is 0 Å². The fraction of sp³-hybridized carbons (Fsp3) is 0.429. The molecular weight excluding hydrogens is 246 g/mol. The number of rotatable bonds is 6. The molecular formula is C14H19NO2S. The minimum Gasteiger partial charge on any atom is -0.467 e. The Morgan fingerprint density at radius 1 is 1.39 bits per heavy atom. The Morgan fingerprint density at radius 3 is 2.78 bits per heavy atom. The van der Waals surface area contributed by atoms with Crippen LogP contribution in [-0.2, 0) is 11.3 Å². The van der Waals surface area contributed by atoms with E-state index in [9.17, 15) is 0 Å². The molecule has 2 N–H and O–H groups in total. The van der Waals surface area contributed by atoms with E-state index in [2.05, 4.69) is 26.0 Å². The van der Waals surface area contributed by atoms with Gasteiger partial charge in [0.2, 0.25) is 0 Å². The van der Waals surface area contributed by atoms with E-state index in [1.165, 1.54) is 9.75 Å². The molecule has 18 heavy (non-hydrogen) atoms. The quantitative estimate of drug-likeness (QED) is 0.867. The molecule has 0 saturated heterocycles. The largest absolute Gasteiger partial charge is 0.467 e. The lowest BCUT2D eigenvalue weighted by Crippen LogP contribution is -2.28. The van der Waals surface area contributed by atoms with E-state index in [-0.39, 0.29) is 12.1 Å². The van der Waals surface area contributed by atoms with Crippen LogP contribution in [0.4, 0.5) is 0 Å². The summed E-state index contributed by atoms with van der Waals surface area (Å²) in [6.07, 6.45) is 2.49. The summed E-state index contributed by atoms with van der Waals surface area (Å²) in [7, 11) is 0. The van der Waals surface area contributed by atoms with E-state index in [4.69, 9.17) is 14.9 Å². The highest BCUT2D eigenvalue weighted by molar-refractivity contribution is 7.12. The Bertz CT molecular complexity index is 464. The molecule has 2 aromatic heterocycles. The molecule has 2 atom stereocenters. The summed E-state index contributed by atoms with van der Waals surface area (Å²) in [5, 5.41) is 0. The first kappa shape index (κ1) is 13.3. The van der Waals surface area contributed by atoms with Crippen molar-refractivity contribution in [1.82, 2.24) is 0 Å². The topological polar surface area (TPSA) is 48.4 Å². The van der Waals surface area contributed by atoms with Gasteiger partial charge in [-0.05, 0) is 37.6 Å². The second kappa shape index (κ2) is 6.18. The average Bonchev–Trinajstić information content (AvgIpc) is 3.01. The minimum absolute atomic E-state index is 0.0120. The molecule has 0 fully saturated rings. The van der Waals surface area contributed by atoms with E-state index < -0.39 is 0 Å². The predicted molar refractivity (Wildman–Crippen MR) is 73.6 cm³/mol. The minimum atomic E-state index is -0.0567. The number of nitrogens with two attached hydrogens (primary N) is 1. The standard InChI is InChI=1S/C14H19NO2S/c1-3-12(15)14(13-7-6-10(2)18-13)17-9-11-5-4-8-16-11/h4-8,12,14H,3,9,15H2,1-2H3. The fourth-order valence-electron chi connectivity index (χ4n) is 1.80. The van der Waals surface area contributed by atoms with Crippen LogP contribution >= 0.6 is 11.3 Å². The lowest BCUT2D eigenvalue weighted by molar-refractivity contribution is 0.0149. The van der Waals surface area contributed by atoms with E-state index in [1.54, 1.807) is 17.6 Å². The van der Waals surface area contributed by atoms with Crippen LogP contribution in [0.1, 0.15) is 35.0 Å². The molecule has 0 spiro atoms. The number of aryl methyl sites for hydroxylation is 1. The molecule has 0 aliphatic rings. The van der Waals surface area contributed by atoms with E-state index in [1.807, 2.05) is 12.1 Å². The van der Waals surface area contributed by atoms with Crippen molar-refractivity contribution in [2.24, 2.45) is 5.73 Å². The molecule has 2 heterocycles. The maximum atomic E-state index is 6.15. The van der Waals surface area contributed by atoms with Gasteiger partial charge in [0.25, 0.3) is 0 Å². The zero-order chi connectivity index (χ0) is 13.0. The van der Waals surface area contributed by atoms with Crippen molar-refractivity contribution >= 4 is 11.3 Å². The second-order valence-electron chi connectivity index (χ2n) is 4.33. The summed E-state index contributed by atoms with van der Waals surface area (Å²) in [6.45, 7) is 4.63.